The minimum Gasteiger partial charge on any atom is -0.450 e. The van der Waals surface area contributed by atoms with Crippen molar-refractivity contribution in [2.75, 3.05) is 0 Å². The van der Waals surface area contributed by atoms with Crippen molar-refractivity contribution in [1.82, 2.24) is 0 Å². The molecule has 0 aliphatic rings. The number of allylic oxidation sites excluding steroid dienone is 2. The Balaban J connectivity index is 0. The summed E-state index contributed by atoms with van der Waals surface area (Å²) in [7, 11) is 0. The minimum atomic E-state index is -1.83. The van der Waals surface area contributed by atoms with Gasteiger partial charge in [-0.05, 0) is 19.8 Å². The summed E-state index contributed by atoms with van der Waals surface area (Å²) in [5, 5.41) is 13.9. The lowest BCUT2D eigenvalue weighted by Gasteiger charge is -1.92. The fraction of sp³-hybridized carbons (Fsp3) is 0.700. The molecule has 0 aromatic heterocycles. The van der Waals surface area contributed by atoms with Crippen LogP contribution in [0.15, 0.2) is 12.2 Å². The second kappa shape index (κ2) is 13.6. The Hall–Kier alpha value is -0.990. The van der Waals surface area contributed by atoms with E-state index in [9.17, 15) is 0 Å². The second-order valence-electron chi connectivity index (χ2n) is 2.70. The van der Waals surface area contributed by atoms with E-state index in [1.165, 1.54) is 32.1 Å². The molecule has 0 bridgehead atoms. The summed E-state index contributed by atoms with van der Waals surface area (Å²) < 4.78 is 0. The van der Waals surface area contributed by atoms with Gasteiger partial charge in [-0.15, -0.1) is 0 Å². The topological polar surface area (TPSA) is 57.5 Å². The van der Waals surface area contributed by atoms with Gasteiger partial charge in [-0.25, -0.2) is 4.79 Å². The molecule has 0 spiro atoms. The summed E-state index contributed by atoms with van der Waals surface area (Å²) in [6.07, 6.45) is 9.34. The lowest BCUT2D eigenvalue weighted by atomic mass is 10.1. The third-order valence-corrected chi connectivity index (χ3v) is 1.46. The van der Waals surface area contributed by atoms with E-state index in [2.05, 4.69) is 26.0 Å². The van der Waals surface area contributed by atoms with Crippen LogP contribution in [0.25, 0.3) is 0 Å². The highest BCUT2D eigenvalue weighted by Gasteiger charge is 1.82. The van der Waals surface area contributed by atoms with Gasteiger partial charge in [-0.3, -0.25) is 0 Å². The lowest BCUT2D eigenvalue weighted by Crippen LogP contribution is -1.81. The molecule has 0 heterocycles. The second-order valence-corrected chi connectivity index (χ2v) is 2.70. The highest BCUT2D eigenvalue weighted by Crippen LogP contribution is 2.02. The summed E-state index contributed by atoms with van der Waals surface area (Å²) in [4.78, 5) is 8.56. The van der Waals surface area contributed by atoms with Crippen molar-refractivity contribution < 1.29 is 15.0 Å². The minimum absolute atomic E-state index is 1.27. The van der Waals surface area contributed by atoms with Crippen molar-refractivity contribution in [1.29, 1.82) is 0 Å². The molecule has 2 N–H and O–H groups in total. The Bertz CT molecular complexity index is 126. The molecule has 0 atom stereocenters. The van der Waals surface area contributed by atoms with Crippen LogP contribution < -0.4 is 0 Å². The third kappa shape index (κ3) is 35.6. The van der Waals surface area contributed by atoms with E-state index in [0.717, 1.165) is 0 Å². The van der Waals surface area contributed by atoms with E-state index in [1.807, 2.05) is 0 Å². The Kier molecular flexibility index (Phi) is 15.2. The molecular weight excluding hydrogens is 168 g/mol. The first-order valence-electron chi connectivity index (χ1n) is 4.68. The summed E-state index contributed by atoms with van der Waals surface area (Å²) in [5.41, 5.74) is 0. The standard InChI is InChI=1S/C9H18.CH2O3/c1-3-5-7-9-8-6-4-2;2-1(3)4/h3,5H,4,6-9H2,1-2H3;(H2,2,3,4). The smallest absolute Gasteiger partial charge is 0.450 e. The van der Waals surface area contributed by atoms with E-state index in [1.54, 1.807) is 0 Å². The fourth-order valence-corrected chi connectivity index (χ4v) is 0.856. The van der Waals surface area contributed by atoms with E-state index < -0.39 is 6.16 Å². The molecule has 3 nitrogen and oxygen atoms in total. The summed E-state index contributed by atoms with van der Waals surface area (Å²) in [6, 6.07) is 0. The predicted molar refractivity (Wildman–Crippen MR) is 54.2 cm³/mol. The molecule has 0 radical (unpaired) electrons. The number of rotatable bonds is 5. The zero-order valence-electron chi connectivity index (χ0n) is 8.49. The Morgan fingerprint density at radius 1 is 1.23 bits per heavy atom. The van der Waals surface area contributed by atoms with E-state index in [-0.39, 0.29) is 0 Å². The third-order valence-electron chi connectivity index (χ3n) is 1.46. The number of hydrogen-bond donors (Lipinski definition) is 2. The number of carbonyl (C=O) groups is 1. The number of unbranched alkanes of at least 4 members (excludes halogenated alkanes) is 4. The van der Waals surface area contributed by atoms with Crippen LogP contribution in [0.1, 0.15) is 46.0 Å². The van der Waals surface area contributed by atoms with E-state index in [4.69, 9.17) is 15.0 Å². The van der Waals surface area contributed by atoms with Crippen LogP contribution in [-0.2, 0) is 0 Å². The molecule has 0 aliphatic heterocycles. The first-order chi connectivity index (χ1) is 6.15. The average Bonchev–Trinajstić information content (AvgIpc) is 2.03. The maximum atomic E-state index is 8.56. The molecule has 0 aromatic carbocycles. The fourth-order valence-electron chi connectivity index (χ4n) is 0.856. The van der Waals surface area contributed by atoms with Crippen LogP contribution in [0.2, 0.25) is 0 Å². The van der Waals surface area contributed by atoms with Gasteiger partial charge in [0.2, 0.25) is 0 Å². The first-order valence-corrected chi connectivity index (χ1v) is 4.68. The van der Waals surface area contributed by atoms with Gasteiger partial charge in [-0.2, -0.15) is 0 Å². The van der Waals surface area contributed by atoms with Gasteiger partial charge in [0.1, 0.15) is 0 Å². The average molecular weight is 188 g/mol. The van der Waals surface area contributed by atoms with Crippen LogP contribution in [0, 0.1) is 0 Å². The molecule has 13 heavy (non-hydrogen) atoms. The van der Waals surface area contributed by atoms with Gasteiger partial charge in [0.25, 0.3) is 0 Å². The predicted octanol–water partition coefficient (Wildman–Crippen LogP) is 3.76. The van der Waals surface area contributed by atoms with Gasteiger partial charge in [0, 0.05) is 0 Å². The van der Waals surface area contributed by atoms with Crippen LogP contribution in [-0.4, -0.2) is 16.4 Å². The van der Waals surface area contributed by atoms with Crippen LogP contribution in [0.4, 0.5) is 4.79 Å². The Morgan fingerprint density at radius 3 is 2.15 bits per heavy atom. The highest BCUT2D eigenvalue weighted by atomic mass is 16.6. The van der Waals surface area contributed by atoms with Gasteiger partial charge < -0.3 is 10.2 Å². The van der Waals surface area contributed by atoms with E-state index in [0.29, 0.717) is 0 Å². The normalized spacial score (nSPS) is 9.38. The first kappa shape index (κ1) is 14.5. The summed E-state index contributed by atoms with van der Waals surface area (Å²) in [6.45, 7) is 4.33. The molecule has 0 amide bonds. The molecule has 78 valence electrons. The van der Waals surface area contributed by atoms with Gasteiger partial charge in [-0.1, -0.05) is 38.3 Å². The van der Waals surface area contributed by atoms with Crippen LogP contribution in [0.3, 0.4) is 0 Å². The molecule has 0 saturated carbocycles. The van der Waals surface area contributed by atoms with E-state index >= 15 is 0 Å². The molecular formula is C10H20O3. The number of hydrogen-bond acceptors (Lipinski definition) is 1. The summed E-state index contributed by atoms with van der Waals surface area (Å²) in [5.74, 6) is 0. The van der Waals surface area contributed by atoms with Gasteiger partial charge in [0.05, 0.1) is 0 Å². The Morgan fingerprint density at radius 2 is 1.77 bits per heavy atom. The molecule has 3 heteroatoms. The van der Waals surface area contributed by atoms with Crippen LogP contribution in [0.5, 0.6) is 0 Å². The molecule has 0 unspecified atom stereocenters. The molecule has 0 saturated heterocycles. The van der Waals surface area contributed by atoms with Crippen molar-refractivity contribution in [2.45, 2.75) is 46.0 Å². The summed E-state index contributed by atoms with van der Waals surface area (Å²) >= 11 is 0. The quantitative estimate of drug-likeness (QED) is 0.510. The monoisotopic (exact) mass is 188 g/mol. The zero-order valence-corrected chi connectivity index (χ0v) is 8.49. The van der Waals surface area contributed by atoms with Crippen molar-refractivity contribution in [3.8, 4) is 0 Å². The molecule has 0 rings (SSSR count). The maximum Gasteiger partial charge on any atom is 0.503 e. The van der Waals surface area contributed by atoms with Crippen molar-refractivity contribution in [3.63, 3.8) is 0 Å². The zero-order chi connectivity index (χ0) is 10.5. The van der Waals surface area contributed by atoms with Gasteiger partial charge in [0.15, 0.2) is 0 Å². The van der Waals surface area contributed by atoms with Crippen molar-refractivity contribution >= 4 is 6.16 Å². The van der Waals surface area contributed by atoms with Crippen molar-refractivity contribution in [2.24, 2.45) is 0 Å². The molecule has 0 fully saturated rings. The SMILES string of the molecule is CC=CCCCCCC.O=C(O)O. The van der Waals surface area contributed by atoms with Crippen LogP contribution >= 0.6 is 0 Å². The number of carboxylic acid groups (broad SMARTS) is 2. The highest BCUT2D eigenvalue weighted by molar-refractivity contribution is 5.53. The largest absolute Gasteiger partial charge is 0.503 e. The van der Waals surface area contributed by atoms with Gasteiger partial charge >= 0.3 is 6.16 Å². The van der Waals surface area contributed by atoms with Crippen molar-refractivity contribution in [3.05, 3.63) is 12.2 Å². The molecule has 0 aliphatic carbocycles. The Labute approximate surface area is 80.1 Å². The lowest BCUT2D eigenvalue weighted by molar-refractivity contribution is 0.137. The maximum absolute atomic E-state index is 8.56. The molecule has 0 aromatic rings.